The number of methoxy groups -OCH3 is 2. The maximum absolute atomic E-state index is 15.3. The van der Waals surface area contributed by atoms with Crippen LogP contribution < -0.4 is 0 Å². The first-order valence-electron chi connectivity index (χ1n) is 23.3. The summed E-state index contributed by atoms with van der Waals surface area (Å²) < 4.78 is 139. The van der Waals surface area contributed by atoms with Gasteiger partial charge in [-0.25, -0.2) is 9.59 Å². The van der Waals surface area contributed by atoms with E-state index in [9.17, 15) is 19.8 Å². The van der Waals surface area contributed by atoms with Crippen molar-refractivity contribution >= 4 is 27.9 Å². The van der Waals surface area contributed by atoms with Gasteiger partial charge in [-0.3, -0.25) is 0 Å². The lowest BCUT2D eigenvalue weighted by Gasteiger charge is -2.56. The molecule has 0 amide bonds. The van der Waals surface area contributed by atoms with E-state index in [1.165, 1.54) is 64.1 Å². The summed E-state index contributed by atoms with van der Waals surface area (Å²) in [6.07, 6.45) is -15.0. The highest BCUT2D eigenvalue weighted by molar-refractivity contribution is 9.09. The molecule has 0 radical (unpaired) electrons. The van der Waals surface area contributed by atoms with Crippen LogP contribution in [-0.2, 0) is 58.7 Å². The van der Waals surface area contributed by atoms with Crippen molar-refractivity contribution in [2.75, 3.05) is 14.2 Å². The molecule has 0 unspecified atom stereocenters. The van der Waals surface area contributed by atoms with Gasteiger partial charge < -0.3 is 48.1 Å². The van der Waals surface area contributed by atoms with Crippen LogP contribution in [0.2, 0.25) is 0 Å². The van der Waals surface area contributed by atoms with Gasteiger partial charge in [0.05, 0.1) is 46.3 Å². The zero-order valence-corrected chi connectivity index (χ0v) is 42.4. The largest absolute Gasteiger partial charge is 0.457 e. The standard InChI is InChI=1S/C50H67BrF6O12/c1-41(2,60)38-32(64-39(58)47(62-9,49(52,53)54)30-17-13-11-14-18-30)29-46(8,68-38)37(66-40(59)48(63-10,50(55,56)57)31-19-15-12-16-20-31)24-26-43(5,61)34-21-22-35-44(6,67-34)28-25-36(65-35)45(7)27-23-33(51)42(3,4)69-45/h11-20,32-38,60-61H,21-29H2,1-10H3/t32-,33+,34+,35+,36+,37-,38+,43-,44-,45-,46+,47+,48+/m0/s1. The van der Waals surface area contributed by atoms with Gasteiger partial charge in [0.1, 0.15) is 23.9 Å². The molecule has 69 heavy (non-hydrogen) atoms. The predicted octanol–water partition coefficient (Wildman–Crippen LogP) is 9.46. The number of carbonyl (C=O) groups excluding carboxylic acids is 2. The molecule has 0 spiro atoms. The Hall–Kier alpha value is -2.88. The second-order valence-corrected chi connectivity index (χ2v) is 22.2. The minimum Gasteiger partial charge on any atom is -0.457 e. The van der Waals surface area contributed by atoms with E-state index in [0.717, 1.165) is 37.1 Å². The molecule has 19 heteroatoms. The van der Waals surface area contributed by atoms with E-state index in [1.54, 1.807) is 0 Å². The third-order valence-electron chi connectivity index (χ3n) is 15.0. The third kappa shape index (κ3) is 10.5. The average molecular weight is 1050 g/mol. The molecule has 4 aliphatic rings. The minimum atomic E-state index is -5.41. The van der Waals surface area contributed by atoms with Gasteiger partial charge in [-0.15, -0.1) is 0 Å². The van der Waals surface area contributed by atoms with E-state index in [0.29, 0.717) is 39.9 Å². The van der Waals surface area contributed by atoms with Gasteiger partial charge in [-0.1, -0.05) is 76.6 Å². The maximum Gasteiger partial charge on any atom is 0.432 e. The quantitative estimate of drug-likeness (QED) is 0.0995. The first-order valence-corrected chi connectivity index (χ1v) is 24.2. The van der Waals surface area contributed by atoms with E-state index in [1.807, 2.05) is 20.8 Å². The number of fused-ring (bicyclic) bond motifs is 1. The smallest absolute Gasteiger partial charge is 0.432 e. The molecule has 6 rings (SSSR count). The molecule has 4 aliphatic heterocycles. The highest BCUT2D eigenvalue weighted by Crippen LogP contribution is 2.52. The number of carbonyl (C=O) groups is 2. The predicted molar refractivity (Wildman–Crippen MR) is 242 cm³/mol. The van der Waals surface area contributed by atoms with Crippen molar-refractivity contribution in [3.63, 3.8) is 0 Å². The number of ether oxygens (including phenoxy) is 8. The fourth-order valence-electron chi connectivity index (χ4n) is 10.9. The number of alkyl halides is 7. The molecule has 388 valence electrons. The molecule has 2 N–H and O–H groups in total. The van der Waals surface area contributed by atoms with Gasteiger partial charge in [0.25, 0.3) is 11.2 Å². The van der Waals surface area contributed by atoms with Gasteiger partial charge >= 0.3 is 24.3 Å². The minimum absolute atomic E-state index is 0.177. The average Bonchev–Trinajstić information content (AvgIpc) is 3.61. The Morgan fingerprint density at radius 2 is 1.25 bits per heavy atom. The Morgan fingerprint density at radius 3 is 1.74 bits per heavy atom. The molecule has 12 nitrogen and oxygen atoms in total. The Morgan fingerprint density at radius 1 is 0.739 bits per heavy atom. The second kappa shape index (κ2) is 19.5. The van der Waals surface area contributed by atoms with Crippen LogP contribution in [0.15, 0.2) is 60.7 Å². The number of esters is 2. The van der Waals surface area contributed by atoms with Crippen molar-refractivity contribution in [3.05, 3.63) is 71.8 Å². The van der Waals surface area contributed by atoms with E-state index >= 15 is 26.3 Å². The van der Waals surface area contributed by atoms with Gasteiger partial charge in [0.2, 0.25) is 0 Å². The first-order chi connectivity index (χ1) is 31.8. The van der Waals surface area contributed by atoms with Crippen molar-refractivity contribution in [2.45, 2.75) is 212 Å². The molecule has 13 atom stereocenters. The van der Waals surface area contributed by atoms with E-state index in [4.69, 9.17) is 37.9 Å². The van der Waals surface area contributed by atoms with Crippen LogP contribution in [0.25, 0.3) is 0 Å². The second-order valence-electron chi connectivity index (χ2n) is 21.1. The van der Waals surface area contributed by atoms with Crippen LogP contribution in [0, 0.1) is 0 Å². The lowest BCUT2D eigenvalue weighted by atomic mass is 9.75. The van der Waals surface area contributed by atoms with E-state index < -0.39 is 117 Å². The van der Waals surface area contributed by atoms with Crippen LogP contribution >= 0.6 is 15.9 Å². The molecule has 4 heterocycles. The van der Waals surface area contributed by atoms with E-state index in [2.05, 4.69) is 22.9 Å². The molecular weight excluding hydrogens is 986 g/mol. The SMILES string of the molecule is CO[C@@](C(=O)O[C@H]1C[C@](C)([C@H](CC[C@](C)(O)[C@H]2CC[C@H]3O[C@@H]([C@]4(C)CC[C@@H](Br)C(C)(C)O4)CC[C@]3(C)O2)OC(=O)[C@](OC)(c2ccccc2)C(F)(F)F)O[C@H]1C(C)(C)O)(c1ccccc1)C(F)(F)F. The zero-order chi connectivity index (χ0) is 51.4. The summed E-state index contributed by atoms with van der Waals surface area (Å²) in [5.74, 6) is -3.83. The maximum atomic E-state index is 15.3. The summed E-state index contributed by atoms with van der Waals surface area (Å²) in [5, 5.41) is 23.7. The fourth-order valence-corrected chi connectivity index (χ4v) is 11.2. The highest BCUT2D eigenvalue weighted by atomic mass is 79.9. The van der Waals surface area contributed by atoms with Gasteiger partial charge in [-0.05, 0) is 107 Å². The number of aliphatic hydroxyl groups is 2. The van der Waals surface area contributed by atoms with Crippen molar-refractivity contribution < 1.29 is 84.0 Å². The van der Waals surface area contributed by atoms with Gasteiger partial charge in [0.15, 0.2) is 0 Å². The van der Waals surface area contributed by atoms with Crippen LogP contribution in [0.5, 0.6) is 0 Å². The molecule has 0 saturated carbocycles. The third-order valence-corrected chi connectivity index (χ3v) is 16.6. The van der Waals surface area contributed by atoms with E-state index in [-0.39, 0.29) is 23.5 Å². The molecule has 0 aromatic heterocycles. The summed E-state index contributed by atoms with van der Waals surface area (Å²) >= 11 is 3.74. The zero-order valence-electron chi connectivity index (χ0n) is 40.8. The van der Waals surface area contributed by atoms with Crippen LogP contribution in [0.4, 0.5) is 26.3 Å². The van der Waals surface area contributed by atoms with Crippen LogP contribution in [0.3, 0.4) is 0 Å². The van der Waals surface area contributed by atoms with Crippen molar-refractivity contribution in [1.82, 2.24) is 0 Å². The van der Waals surface area contributed by atoms with Gasteiger partial charge in [0, 0.05) is 36.6 Å². The summed E-state index contributed by atoms with van der Waals surface area (Å²) in [6, 6.07) is 12.1. The van der Waals surface area contributed by atoms with Crippen molar-refractivity contribution in [1.29, 1.82) is 0 Å². The number of halogens is 7. The fraction of sp³-hybridized carbons (Fsp3) is 0.720. The first kappa shape index (κ1) is 55.4. The van der Waals surface area contributed by atoms with Crippen molar-refractivity contribution in [3.8, 4) is 0 Å². The lowest BCUT2D eigenvalue weighted by molar-refractivity contribution is -0.302. The Bertz CT molecular complexity index is 2100. The summed E-state index contributed by atoms with van der Waals surface area (Å²) in [6.45, 7) is 13.4. The Kier molecular flexibility index (Phi) is 15.7. The van der Waals surface area contributed by atoms with Crippen LogP contribution in [-0.4, -0.2) is 124 Å². The lowest BCUT2D eigenvalue weighted by Crippen LogP contribution is -2.63. The Labute approximate surface area is 408 Å². The monoisotopic (exact) mass is 1050 g/mol. The molecule has 0 aliphatic carbocycles. The molecule has 2 aromatic carbocycles. The highest BCUT2D eigenvalue weighted by Gasteiger charge is 2.68. The topological polar surface area (TPSA) is 148 Å². The number of rotatable bonds is 15. The number of hydrogen-bond acceptors (Lipinski definition) is 12. The van der Waals surface area contributed by atoms with Gasteiger partial charge in [-0.2, -0.15) is 26.3 Å². The molecule has 4 saturated heterocycles. The summed E-state index contributed by atoms with van der Waals surface area (Å²) in [4.78, 5) is 28.5. The molecular formula is C50H67BrF6O12. The molecule has 2 aromatic rings. The molecule has 4 fully saturated rings. The van der Waals surface area contributed by atoms with Crippen molar-refractivity contribution in [2.24, 2.45) is 0 Å². The van der Waals surface area contributed by atoms with Crippen LogP contribution in [0.1, 0.15) is 124 Å². The summed E-state index contributed by atoms with van der Waals surface area (Å²) in [7, 11) is 1.37. The number of benzene rings is 2. The molecule has 0 bridgehead atoms. The Balaban J connectivity index is 1.30. The summed E-state index contributed by atoms with van der Waals surface area (Å²) in [5.41, 5.74) is -16.1. The normalized spacial score (nSPS) is 34.0. The number of hydrogen-bond donors (Lipinski definition) is 2.